The van der Waals surface area contributed by atoms with Crippen LogP contribution in [0.1, 0.15) is 10.5 Å². The van der Waals surface area contributed by atoms with Crippen molar-refractivity contribution in [2.24, 2.45) is 0 Å². The first-order valence-electron chi connectivity index (χ1n) is 8.09. The largest absolute Gasteiger partial charge is 0.573 e. The number of aromatic amines is 1. The summed E-state index contributed by atoms with van der Waals surface area (Å²) in [5, 5.41) is 2.38. The third-order valence-electron chi connectivity index (χ3n) is 3.83. The molecule has 2 aromatic rings. The molecule has 1 saturated heterocycles. The Morgan fingerprint density at radius 2 is 1.93 bits per heavy atom. The van der Waals surface area contributed by atoms with Gasteiger partial charge in [-0.3, -0.25) is 4.79 Å². The molecule has 2 N–H and O–H groups in total. The summed E-state index contributed by atoms with van der Waals surface area (Å²) >= 11 is 0. The number of aromatic nitrogens is 1. The number of nitrogens with one attached hydrogen (secondary N) is 2. The van der Waals surface area contributed by atoms with Crippen LogP contribution in [0.2, 0.25) is 0 Å². The first-order chi connectivity index (χ1) is 13.1. The molecule has 1 aromatic carbocycles. The number of carbonyl (C=O) groups excluding carboxylic acids is 1. The minimum Gasteiger partial charge on any atom is -0.406 e. The van der Waals surface area contributed by atoms with Crippen LogP contribution in [0.3, 0.4) is 0 Å². The maximum atomic E-state index is 12.6. The van der Waals surface area contributed by atoms with Crippen molar-refractivity contribution >= 4 is 21.6 Å². The van der Waals surface area contributed by atoms with Gasteiger partial charge in [0.25, 0.3) is 5.91 Å². The number of amides is 1. The van der Waals surface area contributed by atoms with Crippen LogP contribution >= 0.6 is 0 Å². The quantitative estimate of drug-likeness (QED) is 0.774. The van der Waals surface area contributed by atoms with Crippen molar-refractivity contribution in [3.8, 4) is 5.75 Å². The fourth-order valence-electron chi connectivity index (χ4n) is 2.56. The second-order valence-corrected chi connectivity index (χ2v) is 7.73. The highest BCUT2D eigenvalue weighted by Crippen LogP contribution is 2.25. The number of halogens is 3. The van der Waals surface area contributed by atoms with Gasteiger partial charge in [0.15, 0.2) is 0 Å². The van der Waals surface area contributed by atoms with E-state index in [0.29, 0.717) is 0 Å². The Bertz CT molecular complexity index is 952. The van der Waals surface area contributed by atoms with Gasteiger partial charge in [-0.1, -0.05) is 6.07 Å². The number of anilines is 1. The molecule has 0 spiro atoms. The average molecular weight is 419 g/mol. The van der Waals surface area contributed by atoms with E-state index >= 15 is 0 Å². The monoisotopic (exact) mass is 419 g/mol. The molecular formula is C16H16F3N3O5S. The van der Waals surface area contributed by atoms with Gasteiger partial charge in [0.05, 0.1) is 13.2 Å². The molecule has 12 heteroatoms. The van der Waals surface area contributed by atoms with E-state index in [1.54, 1.807) is 0 Å². The molecule has 0 aliphatic carbocycles. The molecule has 0 bridgehead atoms. The first kappa shape index (κ1) is 20.2. The molecule has 1 aromatic heterocycles. The van der Waals surface area contributed by atoms with Crippen molar-refractivity contribution in [1.82, 2.24) is 9.29 Å². The standard InChI is InChI=1S/C16H16F3N3O5S/c17-16(18,19)27-12-3-1-2-11(8-12)21-15(23)14-9-13(10-20-14)28(24,25)22-4-6-26-7-5-22/h1-3,8-10,20H,4-7H2,(H,21,23). The van der Waals surface area contributed by atoms with Gasteiger partial charge < -0.3 is 19.8 Å². The van der Waals surface area contributed by atoms with Gasteiger partial charge in [0, 0.05) is 31.0 Å². The number of hydrogen-bond donors (Lipinski definition) is 2. The molecule has 1 aliphatic rings. The smallest absolute Gasteiger partial charge is 0.406 e. The van der Waals surface area contributed by atoms with Crippen LogP contribution in [-0.2, 0) is 14.8 Å². The Kier molecular flexibility index (Phi) is 5.63. The number of carbonyl (C=O) groups is 1. The van der Waals surface area contributed by atoms with E-state index < -0.39 is 28.0 Å². The molecular weight excluding hydrogens is 403 g/mol. The Balaban J connectivity index is 1.72. The second kappa shape index (κ2) is 7.81. The second-order valence-electron chi connectivity index (χ2n) is 5.80. The summed E-state index contributed by atoms with van der Waals surface area (Å²) in [6, 6.07) is 5.90. The number of morpholine rings is 1. The predicted octanol–water partition coefficient (Wildman–Crippen LogP) is 2.19. The van der Waals surface area contributed by atoms with Crippen LogP contribution in [0.4, 0.5) is 18.9 Å². The highest BCUT2D eigenvalue weighted by molar-refractivity contribution is 7.89. The number of alkyl halides is 3. The third kappa shape index (κ3) is 4.82. The molecule has 1 aliphatic heterocycles. The first-order valence-corrected chi connectivity index (χ1v) is 9.53. The van der Waals surface area contributed by atoms with Gasteiger partial charge in [0.1, 0.15) is 16.3 Å². The third-order valence-corrected chi connectivity index (χ3v) is 5.71. The minimum absolute atomic E-state index is 0.0546. The molecule has 152 valence electrons. The van der Waals surface area contributed by atoms with Crippen LogP contribution in [-0.4, -0.2) is 56.3 Å². The molecule has 2 heterocycles. The summed E-state index contributed by atoms with van der Waals surface area (Å²) in [5.41, 5.74) is -0.00656. The van der Waals surface area contributed by atoms with E-state index in [9.17, 15) is 26.4 Å². The fraction of sp³-hybridized carbons (Fsp3) is 0.312. The maximum Gasteiger partial charge on any atom is 0.573 e. The zero-order valence-corrected chi connectivity index (χ0v) is 15.1. The highest BCUT2D eigenvalue weighted by Gasteiger charge is 2.31. The Morgan fingerprint density at radius 1 is 1.21 bits per heavy atom. The van der Waals surface area contributed by atoms with Crippen LogP contribution < -0.4 is 10.1 Å². The zero-order chi connectivity index (χ0) is 20.4. The SMILES string of the molecule is O=C(Nc1cccc(OC(F)(F)F)c1)c1cc(S(=O)(=O)N2CCOCC2)c[nH]1. The fourth-order valence-corrected chi connectivity index (χ4v) is 3.96. The summed E-state index contributed by atoms with van der Waals surface area (Å²) in [6.07, 6.45) is -3.67. The lowest BCUT2D eigenvalue weighted by Crippen LogP contribution is -2.40. The van der Waals surface area contributed by atoms with Gasteiger partial charge in [-0.25, -0.2) is 8.42 Å². The van der Waals surface area contributed by atoms with Crippen molar-refractivity contribution in [2.75, 3.05) is 31.6 Å². The van der Waals surface area contributed by atoms with Crippen LogP contribution in [0.15, 0.2) is 41.4 Å². The normalized spacial score (nSPS) is 16.0. The van der Waals surface area contributed by atoms with E-state index in [4.69, 9.17) is 4.74 Å². The predicted molar refractivity (Wildman–Crippen MR) is 91.4 cm³/mol. The lowest BCUT2D eigenvalue weighted by Gasteiger charge is -2.25. The molecule has 1 amide bonds. The molecule has 0 unspecified atom stereocenters. The lowest BCUT2D eigenvalue weighted by atomic mass is 10.3. The van der Waals surface area contributed by atoms with E-state index in [1.165, 1.54) is 22.6 Å². The number of ether oxygens (including phenoxy) is 2. The van der Waals surface area contributed by atoms with Crippen LogP contribution in [0.25, 0.3) is 0 Å². The number of sulfonamides is 1. The number of benzene rings is 1. The zero-order valence-electron chi connectivity index (χ0n) is 14.3. The Labute approximate surface area is 158 Å². The van der Waals surface area contributed by atoms with Crippen molar-refractivity contribution in [3.05, 3.63) is 42.2 Å². The average Bonchev–Trinajstić information content (AvgIpc) is 3.12. The molecule has 0 atom stereocenters. The van der Waals surface area contributed by atoms with Gasteiger partial charge >= 0.3 is 6.36 Å². The van der Waals surface area contributed by atoms with E-state index in [2.05, 4.69) is 15.0 Å². The van der Waals surface area contributed by atoms with E-state index in [-0.39, 0.29) is 42.6 Å². The van der Waals surface area contributed by atoms with Gasteiger partial charge in [-0.2, -0.15) is 4.31 Å². The van der Waals surface area contributed by atoms with Gasteiger partial charge in [0.2, 0.25) is 10.0 Å². The van der Waals surface area contributed by atoms with Gasteiger partial charge in [-0.15, -0.1) is 13.2 Å². The summed E-state index contributed by atoms with van der Waals surface area (Å²) in [7, 11) is -3.78. The van der Waals surface area contributed by atoms with Crippen LogP contribution in [0, 0.1) is 0 Å². The molecule has 28 heavy (non-hydrogen) atoms. The highest BCUT2D eigenvalue weighted by atomic mass is 32.2. The van der Waals surface area contributed by atoms with E-state index in [0.717, 1.165) is 18.2 Å². The summed E-state index contributed by atoms with van der Waals surface area (Å²) in [4.78, 5) is 14.8. The summed E-state index contributed by atoms with van der Waals surface area (Å²) < 4.78 is 72.1. The van der Waals surface area contributed by atoms with Crippen molar-refractivity contribution in [1.29, 1.82) is 0 Å². The number of nitrogens with zero attached hydrogens (tertiary/aromatic N) is 1. The van der Waals surface area contributed by atoms with Crippen molar-refractivity contribution < 1.29 is 35.9 Å². The molecule has 0 saturated carbocycles. The minimum atomic E-state index is -4.86. The number of rotatable bonds is 5. The van der Waals surface area contributed by atoms with Gasteiger partial charge in [-0.05, 0) is 18.2 Å². The number of hydrogen-bond acceptors (Lipinski definition) is 5. The van der Waals surface area contributed by atoms with Crippen molar-refractivity contribution in [2.45, 2.75) is 11.3 Å². The molecule has 3 rings (SSSR count). The molecule has 8 nitrogen and oxygen atoms in total. The Morgan fingerprint density at radius 3 is 2.61 bits per heavy atom. The van der Waals surface area contributed by atoms with Crippen LogP contribution in [0.5, 0.6) is 5.75 Å². The summed E-state index contributed by atoms with van der Waals surface area (Å²) in [5.74, 6) is -1.21. The number of H-pyrrole nitrogens is 1. The lowest BCUT2D eigenvalue weighted by molar-refractivity contribution is -0.274. The summed E-state index contributed by atoms with van der Waals surface area (Å²) in [6.45, 7) is 0.989. The molecule has 1 fully saturated rings. The topological polar surface area (TPSA) is 101 Å². The van der Waals surface area contributed by atoms with E-state index in [1.807, 2.05) is 0 Å². The molecule has 0 radical (unpaired) electrons. The maximum absolute atomic E-state index is 12.6. The Hall–Kier alpha value is -2.57. The van der Waals surface area contributed by atoms with Crippen molar-refractivity contribution in [3.63, 3.8) is 0 Å².